The van der Waals surface area contributed by atoms with Crippen LogP contribution in [0, 0.1) is 5.41 Å². The lowest BCUT2D eigenvalue weighted by atomic mass is 9.75. The Morgan fingerprint density at radius 1 is 1.38 bits per heavy atom. The molecule has 1 aromatic rings. The SMILES string of the molecule is CNc1nc(N)nc2c1CC(C)(C)C(C)=C2. The lowest BCUT2D eigenvalue weighted by Crippen LogP contribution is -2.23. The number of aromatic nitrogens is 2. The molecule has 0 saturated heterocycles. The highest BCUT2D eigenvalue weighted by Crippen LogP contribution is 2.39. The zero-order chi connectivity index (χ0) is 11.9. The second-order valence-electron chi connectivity index (χ2n) is 4.93. The van der Waals surface area contributed by atoms with Gasteiger partial charge in [-0.3, -0.25) is 0 Å². The first-order valence-corrected chi connectivity index (χ1v) is 5.47. The van der Waals surface area contributed by atoms with Crippen LogP contribution < -0.4 is 11.1 Å². The van der Waals surface area contributed by atoms with E-state index in [1.807, 2.05) is 7.05 Å². The van der Waals surface area contributed by atoms with E-state index in [9.17, 15) is 0 Å². The number of nitrogens with one attached hydrogen (secondary N) is 1. The second kappa shape index (κ2) is 3.47. The lowest BCUT2D eigenvalue weighted by Gasteiger charge is -2.31. The summed E-state index contributed by atoms with van der Waals surface area (Å²) in [5, 5.41) is 3.09. The summed E-state index contributed by atoms with van der Waals surface area (Å²) in [4.78, 5) is 8.51. The molecule has 4 nitrogen and oxygen atoms in total. The largest absolute Gasteiger partial charge is 0.373 e. The van der Waals surface area contributed by atoms with Crippen molar-refractivity contribution in [3.63, 3.8) is 0 Å². The maximum atomic E-state index is 5.68. The number of nitrogens with zero attached hydrogens (tertiary/aromatic N) is 2. The van der Waals surface area contributed by atoms with Gasteiger partial charge >= 0.3 is 0 Å². The van der Waals surface area contributed by atoms with Gasteiger partial charge in [-0.05, 0) is 24.8 Å². The van der Waals surface area contributed by atoms with Crippen LogP contribution in [0.4, 0.5) is 11.8 Å². The summed E-state index contributed by atoms with van der Waals surface area (Å²) in [7, 11) is 1.86. The summed E-state index contributed by atoms with van der Waals surface area (Å²) < 4.78 is 0. The van der Waals surface area contributed by atoms with Gasteiger partial charge in [0.2, 0.25) is 5.95 Å². The van der Waals surface area contributed by atoms with Gasteiger partial charge in [0.1, 0.15) is 5.82 Å². The molecule has 0 amide bonds. The van der Waals surface area contributed by atoms with Crippen molar-refractivity contribution in [2.45, 2.75) is 27.2 Å². The molecule has 0 fully saturated rings. The highest BCUT2D eigenvalue weighted by molar-refractivity contribution is 5.65. The van der Waals surface area contributed by atoms with E-state index < -0.39 is 0 Å². The Morgan fingerprint density at radius 2 is 2.06 bits per heavy atom. The quantitative estimate of drug-likeness (QED) is 0.757. The average Bonchev–Trinajstić information content (AvgIpc) is 2.19. The molecule has 86 valence electrons. The van der Waals surface area contributed by atoms with Crippen molar-refractivity contribution in [3.05, 3.63) is 16.8 Å². The first kappa shape index (κ1) is 10.9. The van der Waals surface area contributed by atoms with E-state index in [4.69, 9.17) is 5.73 Å². The van der Waals surface area contributed by atoms with Crippen molar-refractivity contribution in [2.75, 3.05) is 18.1 Å². The maximum absolute atomic E-state index is 5.68. The van der Waals surface area contributed by atoms with Gasteiger partial charge in [-0.2, -0.15) is 4.98 Å². The standard InChI is InChI=1S/C12H18N4/c1-7-5-9-8(6-12(7,2)3)10(14-4)16-11(13)15-9/h5H,6H2,1-4H3,(H3,13,14,15,16). The van der Waals surface area contributed by atoms with Gasteiger partial charge in [0, 0.05) is 12.6 Å². The minimum absolute atomic E-state index is 0.165. The monoisotopic (exact) mass is 218 g/mol. The van der Waals surface area contributed by atoms with Crippen molar-refractivity contribution in [3.8, 4) is 0 Å². The molecule has 0 bridgehead atoms. The molecule has 0 spiro atoms. The van der Waals surface area contributed by atoms with Gasteiger partial charge in [0.05, 0.1) is 5.69 Å². The molecule has 0 atom stereocenters. The van der Waals surface area contributed by atoms with Gasteiger partial charge in [0.15, 0.2) is 0 Å². The third-order valence-electron chi connectivity index (χ3n) is 3.33. The first-order chi connectivity index (χ1) is 7.44. The molecule has 0 aliphatic heterocycles. The van der Waals surface area contributed by atoms with Crippen LogP contribution in [0.5, 0.6) is 0 Å². The van der Waals surface area contributed by atoms with E-state index in [0.717, 1.165) is 23.5 Å². The predicted octanol–water partition coefficient (Wildman–Crippen LogP) is 2.09. The zero-order valence-electron chi connectivity index (χ0n) is 10.3. The topological polar surface area (TPSA) is 63.8 Å². The Labute approximate surface area is 96.0 Å². The number of anilines is 2. The van der Waals surface area contributed by atoms with Crippen molar-refractivity contribution in [1.29, 1.82) is 0 Å². The van der Waals surface area contributed by atoms with Crippen LogP contribution in [0.15, 0.2) is 5.57 Å². The fourth-order valence-corrected chi connectivity index (χ4v) is 2.00. The highest BCUT2D eigenvalue weighted by Gasteiger charge is 2.28. The Kier molecular flexibility index (Phi) is 2.37. The van der Waals surface area contributed by atoms with Gasteiger partial charge in [0.25, 0.3) is 0 Å². The average molecular weight is 218 g/mol. The third kappa shape index (κ3) is 1.64. The molecular formula is C12H18N4. The molecule has 0 radical (unpaired) electrons. The number of nitrogen functional groups attached to an aromatic ring is 1. The molecule has 0 unspecified atom stereocenters. The highest BCUT2D eigenvalue weighted by atomic mass is 15.1. The number of allylic oxidation sites excluding steroid dienone is 1. The van der Waals surface area contributed by atoms with Gasteiger partial charge in [-0.25, -0.2) is 4.98 Å². The van der Waals surface area contributed by atoms with Gasteiger partial charge < -0.3 is 11.1 Å². The minimum Gasteiger partial charge on any atom is -0.373 e. The van der Waals surface area contributed by atoms with E-state index in [2.05, 4.69) is 42.1 Å². The minimum atomic E-state index is 0.165. The molecule has 2 rings (SSSR count). The van der Waals surface area contributed by atoms with Crippen LogP contribution in [-0.4, -0.2) is 17.0 Å². The van der Waals surface area contributed by atoms with E-state index in [1.54, 1.807) is 0 Å². The Hall–Kier alpha value is -1.58. The van der Waals surface area contributed by atoms with Crippen LogP contribution in [0.1, 0.15) is 32.0 Å². The van der Waals surface area contributed by atoms with Crippen molar-refractivity contribution in [1.82, 2.24) is 9.97 Å². The summed E-state index contributed by atoms with van der Waals surface area (Å²) in [5.74, 6) is 1.17. The van der Waals surface area contributed by atoms with E-state index in [1.165, 1.54) is 5.57 Å². The molecule has 1 aromatic heterocycles. The van der Waals surface area contributed by atoms with Crippen LogP contribution in [0.3, 0.4) is 0 Å². The van der Waals surface area contributed by atoms with Crippen LogP contribution in [-0.2, 0) is 6.42 Å². The number of nitrogens with two attached hydrogens (primary N) is 1. The Morgan fingerprint density at radius 3 is 2.69 bits per heavy atom. The molecule has 3 N–H and O–H groups in total. The summed E-state index contributed by atoms with van der Waals surface area (Å²) in [6.07, 6.45) is 3.05. The normalized spacial score (nSPS) is 17.6. The fourth-order valence-electron chi connectivity index (χ4n) is 2.00. The van der Waals surface area contributed by atoms with E-state index in [-0.39, 0.29) is 5.41 Å². The molecule has 16 heavy (non-hydrogen) atoms. The van der Waals surface area contributed by atoms with Crippen molar-refractivity contribution < 1.29 is 0 Å². The Bertz CT molecular complexity index is 460. The lowest BCUT2D eigenvalue weighted by molar-refractivity contribution is 0.440. The van der Waals surface area contributed by atoms with Crippen molar-refractivity contribution >= 4 is 17.8 Å². The summed E-state index contributed by atoms with van der Waals surface area (Å²) in [5.41, 5.74) is 9.29. The summed E-state index contributed by atoms with van der Waals surface area (Å²) in [6, 6.07) is 0. The van der Waals surface area contributed by atoms with Crippen LogP contribution >= 0.6 is 0 Å². The number of rotatable bonds is 1. The van der Waals surface area contributed by atoms with Crippen LogP contribution in [0.25, 0.3) is 6.08 Å². The number of hydrogen-bond acceptors (Lipinski definition) is 4. The molecular weight excluding hydrogens is 200 g/mol. The van der Waals surface area contributed by atoms with Crippen molar-refractivity contribution in [2.24, 2.45) is 5.41 Å². The molecule has 1 aliphatic carbocycles. The number of fused-ring (bicyclic) bond motifs is 1. The molecule has 0 aromatic carbocycles. The molecule has 4 heteroatoms. The number of hydrogen-bond donors (Lipinski definition) is 2. The van der Waals surface area contributed by atoms with Gasteiger partial charge in [-0.1, -0.05) is 19.4 Å². The predicted molar refractivity (Wildman–Crippen MR) is 67.1 cm³/mol. The van der Waals surface area contributed by atoms with Crippen LogP contribution in [0.2, 0.25) is 0 Å². The molecule has 1 aliphatic rings. The smallest absolute Gasteiger partial charge is 0.222 e. The summed E-state index contributed by atoms with van der Waals surface area (Å²) in [6.45, 7) is 6.61. The fraction of sp³-hybridized carbons (Fsp3) is 0.500. The first-order valence-electron chi connectivity index (χ1n) is 5.47. The third-order valence-corrected chi connectivity index (χ3v) is 3.33. The molecule has 1 heterocycles. The summed E-state index contributed by atoms with van der Waals surface area (Å²) >= 11 is 0. The van der Waals surface area contributed by atoms with E-state index >= 15 is 0 Å². The Balaban J connectivity index is 2.62. The second-order valence-corrected chi connectivity index (χ2v) is 4.93. The molecule has 0 saturated carbocycles. The van der Waals surface area contributed by atoms with E-state index in [0.29, 0.717) is 5.95 Å². The maximum Gasteiger partial charge on any atom is 0.222 e. The van der Waals surface area contributed by atoms with Gasteiger partial charge in [-0.15, -0.1) is 0 Å². The zero-order valence-corrected chi connectivity index (χ0v) is 10.3.